The van der Waals surface area contributed by atoms with Crippen LogP contribution in [0.3, 0.4) is 0 Å². The number of carbonyl (C=O) groups is 1. The lowest BCUT2D eigenvalue weighted by atomic mass is 10.2. The van der Waals surface area contributed by atoms with Gasteiger partial charge in [0.1, 0.15) is 0 Å². The Morgan fingerprint density at radius 1 is 1.12 bits per heavy atom. The van der Waals surface area contributed by atoms with Gasteiger partial charge >= 0.3 is 0 Å². The monoisotopic (exact) mass is 326 g/mol. The molecule has 0 aliphatic rings. The minimum absolute atomic E-state index is 0.0256. The standard InChI is InChI=1S/C19H22N2O3/c1-13(2)24-17-10-9-16(11-18(17)23-4)19(22)21-20-12-15-7-5-14(3)6-8-15/h5-13H,1-4H3,(H,21,22)/b20-12-. The highest BCUT2D eigenvalue weighted by Gasteiger charge is 2.11. The van der Waals surface area contributed by atoms with Crippen molar-refractivity contribution in [1.82, 2.24) is 5.43 Å². The average Bonchev–Trinajstić information content (AvgIpc) is 2.56. The van der Waals surface area contributed by atoms with Crippen LogP contribution in [-0.4, -0.2) is 25.3 Å². The van der Waals surface area contributed by atoms with Crippen molar-refractivity contribution in [2.24, 2.45) is 5.10 Å². The summed E-state index contributed by atoms with van der Waals surface area (Å²) in [7, 11) is 1.54. The SMILES string of the molecule is COc1cc(C(=O)N/N=C\c2ccc(C)cc2)ccc1OC(C)C. The maximum absolute atomic E-state index is 12.2. The first-order valence-electron chi connectivity index (χ1n) is 7.74. The summed E-state index contributed by atoms with van der Waals surface area (Å²) in [4.78, 5) is 12.2. The Hall–Kier alpha value is -2.82. The van der Waals surface area contributed by atoms with E-state index in [1.165, 1.54) is 5.56 Å². The molecule has 0 bridgehead atoms. The summed E-state index contributed by atoms with van der Waals surface area (Å²) in [5.41, 5.74) is 5.04. The molecule has 0 fully saturated rings. The van der Waals surface area contributed by atoms with Crippen LogP contribution in [0.5, 0.6) is 11.5 Å². The molecular formula is C19H22N2O3. The fraction of sp³-hybridized carbons (Fsp3) is 0.263. The van der Waals surface area contributed by atoms with Crippen molar-refractivity contribution in [3.05, 3.63) is 59.2 Å². The molecule has 0 heterocycles. The molecule has 0 spiro atoms. The molecule has 0 aliphatic carbocycles. The van der Waals surface area contributed by atoms with E-state index >= 15 is 0 Å². The number of amides is 1. The van der Waals surface area contributed by atoms with E-state index in [4.69, 9.17) is 9.47 Å². The molecule has 0 radical (unpaired) electrons. The summed E-state index contributed by atoms with van der Waals surface area (Å²) < 4.78 is 10.9. The van der Waals surface area contributed by atoms with Crippen LogP contribution in [0.25, 0.3) is 0 Å². The first-order valence-corrected chi connectivity index (χ1v) is 7.74. The van der Waals surface area contributed by atoms with Crippen molar-refractivity contribution < 1.29 is 14.3 Å². The third-order valence-electron chi connectivity index (χ3n) is 3.25. The number of aryl methyl sites for hydroxylation is 1. The van der Waals surface area contributed by atoms with E-state index in [1.54, 1.807) is 31.5 Å². The lowest BCUT2D eigenvalue weighted by Crippen LogP contribution is -2.18. The van der Waals surface area contributed by atoms with Gasteiger partial charge in [0.05, 0.1) is 19.4 Å². The molecule has 0 atom stereocenters. The zero-order chi connectivity index (χ0) is 17.5. The van der Waals surface area contributed by atoms with Gasteiger partial charge in [0.25, 0.3) is 5.91 Å². The molecule has 0 saturated heterocycles. The van der Waals surface area contributed by atoms with Crippen molar-refractivity contribution in [2.45, 2.75) is 26.9 Å². The fourth-order valence-electron chi connectivity index (χ4n) is 2.04. The maximum atomic E-state index is 12.2. The number of methoxy groups -OCH3 is 1. The van der Waals surface area contributed by atoms with E-state index in [2.05, 4.69) is 10.5 Å². The third-order valence-corrected chi connectivity index (χ3v) is 3.25. The molecule has 0 saturated carbocycles. The Labute approximate surface area is 142 Å². The van der Waals surface area contributed by atoms with Gasteiger partial charge < -0.3 is 9.47 Å². The average molecular weight is 326 g/mol. The molecule has 24 heavy (non-hydrogen) atoms. The number of nitrogens with zero attached hydrogens (tertiary/aromatic N) is 1. The van der Waals surface area contributed by atoms with E-state index < -0.39 is 0 Å². The quantitative estimate of drug-likeness (QED) is 0.652. The predicted octanol–water partition coefficient (Wildman–Crippen LogP) is 3.55. The number of hydrogen-bond acceptors (Lipinski definition) is 4. The molecule has 2 rings (SSSR count). The Morgan fingerprint density at radius 2 is 1.83 bits per heavy atom. The molecule has 5 heteroatoms. The highest BCUT2D eigenvalue weighted by molar-refractivity contribution is 5.95. The highest BCUT2D eigenvalue weighted by atomic mass is 16.5. The molecule has 0 aromatic heterocycles. The minimum atomic E-state index is -0.312. The number of ether oxygens (including phenoxy) is 2. The first-order chi connectivity index (χ1) is 11.5. The van der Waals surface area contributed by atoms with Gasteiger partial charge in [-0.2, -0.15) is 5.10 Å². The molecule has 1 N–H and O–H groups in total. The smallest absolute Gasteiger partial charge is 0.271 e. The van der Waals surface area contributed by atoms with Gasteiger partial charge in [-0.15, -0.1) is 0 Å². The minimum Gasteiger partial charge on any atom is -0.493 e. The molecule has 0 aliphatic heterocycles. The largest absolute Gasteiger partial charge is 0.493 e. The molecular weight excluding hydrogens is 304 g/mol. The summed E-state index contributed by atoms with van der Waals surface area (Å²) in [5.74, 6) is 0.804. The Kier molecular flexibility index (Phi) is 5.95. The van der Waals surface area contributed by atoms with Gasteiger partial charge in [0.15, 0.2) is 11.5 Å². The molecule has 5 nitrogen and oxygen atoms in total. The topological polar surface area (TPSA) is 59.9 Å². The van der Waals surface area contributed by atoms with Crippen LogP contribution >= 0.6 is 0 Å². The van der Waals surface area contributed by atoms with Crippen molar-refractivity contribution in [1.29, 1.82) is 0 Å². The van der Waals surface area contributed by atoms with Gasteiger partial charge in [-0.05, 0) is 44.5 Å². The zero-order valence-corrected chi connectivity index (χ0v) is 14.4. The van der Waals surface area contributed by atoms with Gasteiger partial charge in [0, 0.05) is 5.56 Å². The van der Waals surface area contributed by atoms with Crippen LogP contribution in [0.1, 0.15) is 35.3 Å². The molecule has 1 amide bonds. The van der Waals surface area contributed by atoms with E-state index in [0.717, 1.165) is 5.56 Å². The summed E-state index contributed by atoms with van der Waals surface area (Å²) in [6.45, 7) is 5.88. The second kappa shape index (κ2) is 8.15. The van der Waals surface area contributed by atoms with Crippen LogP contribution in [-0.2, 0) is 0 Å². The molecule has 2 aromatic carbocycles. The van der Waals surface area contributed by atoms with Crippen LogP contribution in [0.4, 0.5) is 0 Å². The second-order valence-corrected chi connectivity index (χ2v) is 5.64. The van der Waals surface area contributed by atoms with Gasteiger partial charge in [-0.1, -0.05) is 29.8 Å². The summed E-state index contributed by atoms with van der Waals surface area (Å²) in [6.07, 6.45) is 1.63. The van der Waals surface area contributed by atoms with Crippen molar-refractivity contribution in [3.63, 3.8) is 0 Å². The highest BCUT2D eigenvalue weighted by Crippen LogP contribution is 2.28. The van der Waals surface area contributed by atoms with Crippen molar-refractivity contribution in [3.8, 4) is 11.5 Å². The van der Waals surface area contributed by atoms with E-state index in [9.17, 15) is 4.79 Å². The van der Waals surface area contributed by atoms with Crippen molar-refractivity contribution >= 4 is 12.1 Å². The third kappa shape index (κ3) is 4.84. The maximum Gasteiger partial charge on any atom is 0.271 e. The van der Waals surface area contributed by atoms with E-state index in [1.807, 2.05) is 45.0 Å². The van der Waals surface area contributed by atoms with Gasteiger partial charge in [0.2, 0.25) is 0 Å². The predicted molar refractivity (Wildman–Crippen MR) is 95.0 cm³/mol. The number of nitrogens with one attached hydrogen (secondary N) is 1. The second-order valence-electron chi connectivity index (χ2n) is 5.64. The van der Waals surface area contributed by atoms with Crippen molar-refractivity contribution in [2.75, 3.05) is 7.11 Å². The summed E-state index contributed by atoms with van der Waals surface area (Å²) in [5, 5.41) is 3.98. The molecule has 2 aromatic rings. The number of hydrazone groups is 1. The van der Waals surface area contributed by atoms with Crippen LogP contribution in [0.15, 0.2) is 47.6 Å². The van der Waals surface area contributed by atoms with Gasteiger partial charge in [-0.3, -0.25) is 4.79 Å². The van der Waals surface area contributed by atoms with Crippen LogP contribution < -0.4 is 14.9 Å². The number of benzene rings is 2. The summed E-state index contributed by atoms with van der Waals surface area (Å²) in [6, 6.07) is 12.9. The summed E-state index contributed by atoms with van der Waals surface area (Å²) >= 11 is 0. The Morgan fingerprint density at radius 3 is 2.46 bits per heavy atom. The zero-order valence-electron chi connectivity index (χ0n) is 14.4. The first kappa shape index (κ1) is 17.5. The number of hydrogen-bond donors (Lipinski definition) is 1. The molecule has 0 unspecified atom stereocenters. The lowest BCUT2D eigenvalue weighted by Gasteiger charge is -2.14. The lowest BCUT2D eigenvalue weighted by molar-refractivity contribution is 0.0954. The van der Waals surface area contributed by atoms with E-state index in [0.29, 0.717) is 17.1 Å². The fourth-order valence-corrected chi connectivity index (χ4v) is 2.04. The Balaban J connectivity index is 2.05. The normalized spacial score (nSPS) is 10.9. The van der Waals surface area contributed by atoms with E-state index in [-0.39, 0.29) is 12.0 Å². The number of rotatable bonds is 6. The Bertz CT molecular complexity index is 722. The molecule has 126 valence electrons. The number of carbonyl (C=O) groups excluding carboxylic acids is 1. The van der Waals surface area contributed by atoms with Crippen LogP contribution in [0, 0.1) is 6.92 Å². The van der Waals surface area contributed by atoms with Crippen LogP contribution in [0.2, 0.25) is 0 Å². The van der Waals surface area contributed by atoms with Gasteiger partial charge in [-0.25, -0.2) is 5.43 Å².